The Balaban J connectivity index is 0.000000679. The zero-order valence-electron chi connectivity index (χ0n) is 25.0. The molecule has 0 nitrogen and oxygen atoms in total. The molecule has 0 heterocycles. The largest absolute Gasteiger partial charge is 3.00 e. The fourth-order valence-electron chi connectivity index (χ4n) is 7.40. The van der Waals surface area contributed by atoms with Crippen molar-refractivity contribution in [3.63, 3.8) is 0 Å². The van der Waals surface area contributed by atoms with E-state index in [1.807, 2.05) is 0 Å². The molecule has 3 aliphatic carbocycles. The Labute approximate surface area is 291 Å². The van der Waals surface area contributed by atoms with Crippen LogP contribution in [0.3, 0.4) is 0 Å². The number of benzene rings is 5. The first-order valence-corrected chi connectivity index (χ1v) is 16.8. The van der Waals surface area contributed by atoms with Crippen LogP contribution in [-0.4, -0.2) is 9.52 Å². The second kappa shape index (κ2) is 14.3. The number of halogens is 2. The summed E-state index contributed by atoms with van der Waals surface area (Å²) in [5.41, 5.74) is 17.3. The molecule has 3 radical (unpaired) electrons. The van der Waals surface area contributed by atoms with E-state index in [-0.39, 0.29) is 56.9 Å². The average molecular weight is 694 g/mol. The Kier molecular flexibility index (Phi) is 11.2. The van der Waals surface area contributed by atoms with E-state index in [0.717, 1.165) is 28.8 Å². The number of rotatable bonds is 4. The third-order valence-corrected chi connectivity index (χ3v) is 8.96. The number of hydrogen-bond donors (Lipinski definition) is 0. The van der Waals surface area contributed by atoms with Gasteiger partial charge in [0, 0.05) is 15.4 Å². The van der Waals surface area contributed by atoms with Crippen molar-refractivity contribution in [2.24, 2.45) is 0 Å². The molecule has 0 aliphatic heterocycles. The molecule has 3 aliphatic rings. The number of aryl methyl sites for hydroxylation is 2. The van der Waals surface area contributed by atoms with Crippen molar-refractivity contribution in [1.82, 2.24) is 0 Å². The molecule has 0 saturated heterocycles. The summed E-state index contributed by atoms with van der Waals surface area (Å²) in [5.74, 6) is 0.288. The van der Waals surface area contributed by atoms with Gasteiger partial charge in [-0.25, -0.2) is 0 Å². The summed E-state index contributed by atoms with van der Waals surface area (Å²) in [4.78, 5) is 0. The maximum Gasteiger partial charge on any atom is 3.00 e. The molecule has 0 amide bonds. The van der Waals surface area contributed by atoms with E-state index in [4.69, 9.17) is 0 Å². The van der Waals surface area contributed by atoms with Gasteiger partial charge in [0.15, 0.2) is 0 Å². The second-order valence-corrected chi connectivity index (χ2v) is 12.4. The quantitative estimate of drug-likeness (QED) is 0.193. The molecule has 4 heteroatoms. The van der Waals surface area contributed by atoms with E-state index < -0.39 is 0 Å². The van der Waals surface area contributed by atoms with Crippen LogP contribution in [0.4, 0.5) is 0 Å². The van der Waals surface area contributed by atoms with Crippen LogP contribution in [0.2, 0.25) is 13.1 Å². The maximum absolute atomic E-state index is 3.75. The van der Waals surface area contributed by atoms with Crippen LogP contribution in [0.5, 0.6) is 0 Å². The van der Waals surface area contributed by atoms with E-state index >= 15 is 0 Å². The van der Waals surface area contributed by atoms with Crippen LogP contribution in [0.15, 0.2) is 90.5 Å². The molecule has 5 aromatic carbocycles. The maximum atomic E-state index is 3.75. The van der Waals surface area contributed by atoms with Gasteiger partial charge in [-0.1, -0.05) is 111 Å². The van der Waals surface area contributed by atoms with Gasteiger partial charge in [-0.05, 0) is 81.0 Å². The second-order valence-electron chi connectivity index (χ2n) is 11.4. The Morgan fingerprint density at radius 2 is 1.44 bits per heavy atom. The normalized spacial score (nSPS) is 14.7. The summed E-state index contributed by atoms with van der Waals surface area (Å²) in [6, 6.07) is 35.7. The molecule has 0 saturated carbocycles. The minimum Gasteiger partial charge on any atom is -1.00 e. The van der Waals surface area contributed by atoms with E-state index in [1.165, 1.54) is 90.4 Å². The Morgan fingerprint density at radius 1 is 0.744 bits per heavy atom. The summed E-state index contributed by atoms with van der Waals surface area (Å²) in [6.07, 6.45) is 8.15. The molecule has 1 atom stereocenters. The molecule has 0 bridgehead atoms. The van der Waals surface area contributed by atoms with Crippen molar-refractivity contribution < 1.29 is 51.0 Å². The van der Waals surface area contributed by atoms with Crippen molar-refractivity contribution in [2.75, 3.05) is 0 Å². The van der Waals surface area contributed by atoms with Gasteiger partial charge in [-0.2, -0.15) is 18.2 Å². The van der Waals surface area contributed by atoms with Crippen molar-refractivity contribution in [3.8, 4) is 22.3 Å². The van der Waals surface area contributed by atoms with Gasteiger partial charge in [0.05, 0.1) is 0 Å². The summed E-state index contributed by atoms with van der Waals surface area (Å²) in [7, 11) is 1.08. The zero-order chi connectivity index (χ0) is 27.2. The summed E-state index contributed by atoms with van der Waals surface area (Å²) in [5, 5.41) is 2.91. The van der Waals surface area contributed by atoms with Crippen LogP contribution < -0.4 is 24.8 Å². The molecule has 0 aromatic heterocycles. The summed E-state index contributed by atoms with van der Waals surface area (Å²) in [6.45, 7) is 6.61. The SMILES string of the molecule is CCCC1=Cc2c(-c3ccc4c5c(cccc35)CC4)cccc2C1c1[c-]ccc2c1Cc1ccccc1-2.C[Si]C.[Cl-].[Cl-].[Zr+3]. The van der Waals surface area contributed by atoms with Gasteiger partial charge in [0.1, 0.15) is 0 Å². The average Bonchev–Trinajstić information content (AvgIpc) is 3.68. The third kappa shape index (κ3) is 5.70. The van der Waals surface area contributed by atoms with Gasteiger partial charge in [-0.3, -0.25) is 0 Å². The van der Waals surface area contributed by atoms with E-state index in [2.05, 4.69) is 117 Å². The molecule has 0 fully saturated rings. The van der Waals surface area contributed by atoms with E-state index in [9.17, 15) is 0 Å². The van der Waals surface area contributed by atoms with Gasteiger partial charge < -0.3 is 24.8 Å². The first-order chi connectivity index (χ1) is 19.7. The zero-order valence-corrected chi connectivity index (χ0v) is 30.0. The van der Waals surface area contributed by atoms with Gasteiger partial charge in [0.25, 0.3) is 0 Å². The monoisotopic (exact) mass is 691 g/mol. The topological polar surface area (TPSA) is 0 Å². The molecular weight excluding hydrogens is 659 g/mol. The number of fused-ring (bicyclic) bond motifs is 4. The van der Waals surface area contributed by atoms with Crippen LogP contribution in [0.1, 0.15) is 64.6 Å². The molecule has 5 aromatic rings. The molecule has 8 rings (SSSR count). The standard InChI is InChI=1S/C37H29.C2H6Si.2ClH.Zr/c1-2-8-26-22-35-29(30-20-19-24-18-17-23-10-5-14-31(30)36(23)24)13-7-16-33(35)37(26)32-15-6-12-28-27-11-4-3-9-25(27)21-34(28)32;1-3-2;;;/h3-7,9-14,16,19-20,22,37H,2,8,17-18,21H2,1H3;1-2H3;2*1H;/q-1;;;;+3/p-2. The molecule has 0 N–H and O–H groups in total. The molecule has 1 unspecified atom stereocenters. The van der Waals surface area contributed by atoms with E-state index in [1.54, 1.807) is 0 Å². The van der Waals surface area contributed by atoms with Gasteiger partial charge >= 0.3 is 26.2 Å². The molecule has 0 spiro atoms. The van der Waals surface area contributed by atoms with Crippen LogP contribution >= 0.6 is 0 Å². The predicted molar refractivity (Wildman–Crippen MR) is 173 cm³/mol. The smallest absolute Gasteiger partial charge is 1.00 e. The number of hydrogen-bond acceptors (Lipinski definition) is 0. The molecule has 43 heavy (non-hydrogen) atoms. The Bertz CT molecular complexity index is 1800. The van der Waals surface area contributed by atoms with Crippen LogP contribution in [0.25, 0.3) is 39.1 Å². The molecule has 213 valence electrons. The molecular formula is C39H35Cl2SiZr. The third-order valence-electron chi connectivity index (χ3n) is 8.96. The Morgan fingerprint density at radius 3 is 2.23 bits per heavy atom. The summed E-state index contributed by atoms with van der Waals surface area (Å²) < 4.78 is 0. The van der Waals surface area contributed by atoms with Crippen molar-refractivity contribution >= 4 is 26.4 Å². The first-order valence-electron chi connectivity index (χ1n) is 14.8. The van der Waals surface area contributed by atoms with Crippen molar-refractivity contribution in [2.45, 2.75) is 58.0 Å². The fraction of sp³-hybridized carbons (Fsp3) is 0.231. The van der Waals surface area contributed by atoms with Crippen molar-refractivity contribution in [3.05, 3.63) is 136 Å². The minimum absolute atomic E-state index is 0. The van der Waals surface area contributed by atoms with Gasteiger partial charge in [-0.15, -0.1) is 16.7 Å². The van der Waals surface area contributed by atoms with Gasteiger partial charge in [0.2, 0.25) is 0 Å². The minimum atomic E-state index is 0. The summed E-state index contributed by atoms with van der Waals surface area (Å²) >= 11 is 0. The van der Waals surface area contributed by atoms with Crippen LogP contribution in [0, 0.1) is 6.07 Å². The van der Waals surface area contributed by atoms with Crippen LogP contribution in [-0.2, 0) is 45.5 Å². The predicted octanol–water partition coefficient (Wildman–Crippen LogP) is 4.10. The Hall–Kier alpha value is -2.22. The fourth-order valence-corrected chi connectivity index (χ4v) is 7.40. The van der Waals surface area contributed by atoms with Crippen molar-refractivity contribution in [1.29, 1.82) is 0 Å². The number of allylic oxidation sites excluding steroid dienone is 1. The first kappa shape index (κ1) is 33.7. The van der Waals surface area contributed by atoms with E-state index in [0.29, 0.717) is 0 Å².